The molecule has 0 radical (unpaired) electrons. The quantitative estimate of drug-likeness (QED) is 0.581. The molecule has 1 aliphatic heterocycles. The molecule has 1 unspecified atom stereocenters. The highest BCUT2D eigenvalue weighted by Crippen LogP contribution is 2.28. The van der Waals surface area contributed by atoms with Crippen molar-refractivity contribution < 1.29 is 4.79 Å². The summed E-state index contributed by atoms with van der Waals surface area (Å²) in [5, 5.41) is 3.16. The number of fused-ring (bicyclic) bond motifs is 1. The number of anilines is 2. The standard InChI is InChI=1S/C26H32N4O3S/c1-4-17(2)34-18(3)25(32)29-12-6-7-19(15-29)16-30-24(31)14-23(28-26(30)33)27-22-11-10-20-8-5-9-21(20)13-22/h4,10-11,13-14,19,27H,3,5-9,12,15-16H2,1-2H3,(H,28,33)/b17-4-. The number of hydrogen-bond donors (Lipinski definition) is 2. The van der Waals surface area contributed by atoms with E-state index in [1.807, 2.05) is 26.0 Å². The Hall–Kier alpha value is -3.00. The molecular weight excluding hydrogens is 448 g/mol. The summed E-state index contributed by atoms with van der Waals surface area (Å²) in [6, 6.07) is 7.60. The first kappa shape index (κ1) is 24.1. The second-order valence-electron chi connectivity index (χ2n) is 9.08. The lowest BCUT2D eigenvalue weighted by molar-refractivity contribution is -0.128. The van der Waals surface area contributed by atoms with E-state index in [0.717, 1.165) is 42.7 Å². The number of piperidine rings is 1. The predicted octanol–water partition coefficient (Wildman–Crippen LogP) is 4.18. The van der Waals surface area contributed by atoms with Crippen molar-refractivity contribution in [2.24, 2.45) is 5.92 Å². The fourth-order valence-corrected chi connectivity index (χ4v) is 5.42. The van der Waals surface area contributed by atoms with Crippen molar-refractivity contribution in [1.82, 2.24) is 14.5 Å². The van der Waals surface area contributed by atoms with E-state index in [4.69, 9.17) is 0 Å². The first-order valence-corrected chi connectivity index (χ1v) is 12.7. The van der Waals surface area contributed by atoms with E-state index in [-0.39, 0.29) is 23.9 Å². The second-order valence-corrected chi connectivity index (χ2v) is 10.4. The molecular formula is C26H32N4O3S. The number of carbonyl (C=O) groups is 1. The van der Waals surface area contributed by atoms with Crippen LogP contribution in [0.1, 0.15) is 44.2 Å². The number of carbonyl (C=O) groups excluding carboxylic acids is 1. The van der Waals surface area contributed by atoms with Gasteiger partial charge in [0.15, 0.2) is 0 Å². The van der Waals surface area contributed by atoms with Crippen LogP contribution in [0.5, 0.6) is 0 Å². The minimum absolute atomic E-state index is 0.0348. The number of hydrogen-bond acceptors (Lipinski definition) is 5. The topological polar surface area (TPSA) is 87.2 Å². The van der Waals surface area contributed by atoms with Crippen molar-refractivity contribution >= 4 is 29.2 Å². The highest BCUT2D eigenvalue weighted by atomic mass is 32.2. The summed E-state index contributed by atoms with van der Waals surface area (Å²) in [7, 11) is 0. The third kappa shape index (κ3) is 5.55. The van der Waals surface area contributed by atoms with Gasteiger partial charge in [0.25, 0.3) is 11.5 Å². The molecule has 8 heteroatoms. The summed E-state index contributed by atoms with van der Waals surface area (Å²) in [6.45, 7) is 9.27. The molecule has 2 N–H and O–H groups in total. The van der Waals surface area contributed by atoms with E-state index in [9.17, 15) is 14.4 Å². The SMILES string of the molecule is C=C(S/C(C)=C\C)C(=O)N1CCCC(Cn2c(=O)cc(Nc3ccc4c(c3)CCC4)[nH]c2=O)C1. The van der Waals surface area contributed by atoms with Crippen LogP contribution in [0.2, 0.25) is 0 Å². The average Bonchev–Trinajstić information content (AvgIpc) is 3.29. The summed E-state index contributed by atoms with van der Waals surface area (Å²) in [5.41, 5.74) is 2.76. The van der Waals surface area contributed by atoms with Gasteiger partial charge in [-0.15, -0.1) is 0 Å². The van der Waals surface area contributed by atoms with Gasteiger partial charge in [-0.1, -0.05) is 30.5 Å². The number of aromatic amines is 1. The molecule has 1 amide bonds. The van der Waals surface area contributed by atoms with Crippen molar-refractivity contribution in [3.63, 3.8) is 0 Å². The number of allylic oxidation sites excluding steroid dienone is 2. The molecule has 180 valence electrons. The van der Waals surface area contributed by atoms with Crippen molar-refractivity contribution in [3.8, 4) is 0 Å². The van der Waals surface area contributed by atoms with Crippen molar-refractivity contribution in [2.45, 2.75) is 52.5 Å². The second kappa shape index (κ2) is 10.5. The summed E-state index contributed by atoms with van der Waals surface area (Å²) in [4.78, 5) is 44.4. The molecule has 2 aromatic rings. The number of H-pyrrole nitrogens is 1. The zero-order valence-electron chi connectivity index (χ0n) is 19.9. The number of rotatable bonds is 7. The Morgan fingerprint density at radius 3 is 2.79 bits per heavy atom. The average molecular weight is 481 g/mol. The maximum absolute atomic E-state index is 12.8. The number of nitrogens with zero attached hydrogens (tertiary/aromatic N) is 2. The van der Waals surface area contributed by atoms with Crippen LogP contribution in [0.4, 0.5) is 11.5 Å². The lowest BCUT2D eigenvalue weighted by Gasteiger charge is -2.33. The predicted molar refractivity (Wildman–Crippen MR) is 139 cm³/mol. The van der Waals surface area contributed by atoms with E-state index in [1.54, 1.807) is 4.90 Å². The lowest BCUT2D eigenvalue weighted by Crippen LogP contribution is -2.44. The number of aromatic nitrogens is 2. The monoisotopic (exact) mass is 480 g/mol. The molecule has 1 aromatic carbocycles. The van der Waals surface area contributed by atoms with E-state index in [2.05, 4.69) is 29.0 Å². The Kier molecular flexibility index (Phi) is 7.46. The van der Waals surface area contributed by atoms with Crippen molar-refractivity contribution in [2.75, 3.05) is 18.4 Å². The maximum atomic E-state index is 12.8. The lowest BCUT2D eigenvalue weighted by atomic mass is 9.98. The summed E-state index contributed by atoms with van der Waals surface area (Å²) >= 11 is 1.38. The van der Waals surface area contributed by atoms with Crippen LogP contribution in [0.25, 0.3) is 0 Å². The van der Waals surface area contributed by atoms with Crippen molar-refractivity contribution in [1.29, 1.82) is 0 Å². The number of benzene rings is 1. The molecule has 0 saturated carbocycles. The van der Waals surface area contributed by atoms with Gasteiger partial charge in [0.2, 0.25) is 0 Å². The third-order valence-corrected chi connectivity index (χ3v) is 7.55. The van der Waals surface area contributed by atoms with Gasteiger partial charge in [-0.3, -0.25) is 19.1 Å². The molecule has 2 aliphatic rings. The largest absolute Gasteiger partial charge is 0.342 e. The molecule has 1 saturated heterocycles. The van der Waals surface area contributed by atoms with Gasteiger partial charge >= 0.3 is 5.69 Å². The van der Waals surface area contributed by atoms with Crippen LogP contribution in [0.15, 0.2) is 56.3 Å². The molecule has 1 atom stereocenters. The zero-order valence-corrected chi connectivity index (χ0v) is 20.7. The van der Waals surface area contributed by atoms with Crippen LogP contribution in [0.3, 0.4) is 0 Å². The van der Waals surface area contributed by atoms with Gasteiger partial charge in [0.1, 0.15) is 5.82 Å². The molecule has 34 heavy (non-hydrogen) atoms. The zero-order chi connectivity index (χ0) is 24.2. The Balaban J connectivity index is 1.42. The first-order valence-electron chi connectivity index (χ1n) is 11.9. The van der Waals surface area contributed by atoms with E-state index in [0.29, 0.717) is 23.8 Å². The summed E-state index contributed by atoms with van der Waals surface area (Å²) < 4.78 is 1.24. The molecule has 2 heterocycles. The van der Waals surface area contributed by atoms with Crippen molar-refractivity contribution in [3.05, 3.63) is 78.7 Å². The van der Waals surface area contributed by atoms with Crippen LogP contribution >= 0.6 is 11.8 Å². The highest BCUT2D eigenvalue weighted by Gasteiger charge is 2.26. The van der Waals surface area contributed by atoms with E-state index < -0.39 is 5.69 Å². The van der Waals surface area contributed by atoms with Gasteiger partial charge < -0.3 is 10.2 Å². The van der Waals surface area contributed by atoms with Crippen LogP contribution < -0.4 is 16.6 Å². The normalized spacial score (nSPS) is 18.0. The smallest absolute Gasteiger partial charge is 0.329 e. The number of nitrogens with one attached hydrogen (secondary N) is 2. The fraction of sp³-hybridized carbons (Fsp3) is 0.423. The Morgan fingerprint density at radius 1 is 1.24 bits per heavy atom. The highest BCUT2D eigenvalue weighted by molar-refractivity contribution is 8.07. The Labute approximate surface area is 204 Å². The van der Waals surface area contributed by atoms with E-state index >= 15 is 0 Å². The molecule has 1 aliphatic carbocycles. The number of aryl methyl sites for hydroxylation is 2. The Morgan fingerprint density at radius 2 is 2.03 bits per heavy atom. The number of likely N-dealkylation sites (tertiary alicyclic amines) is 1. The van der Waals surface area contributed by atoms with Gasteiger partial charge in [-0.25, -0.2) is 4.79 Å². The maximum Gasteiger partial charge on any atom is 0.329 e. The van der Waals surface area contributed by atoms with E-state index in [1.165, 1.54) is 33.5 Å². The third-order valence-electron chi connectivity index (χ3n) is 6.57. The van der Waals surface area contributed by atoms with Gasteiger partial charge in [-0.2, -0.15) is 0 Å². The summed E-state index contributed by atoms with van der Waals surface area (Å²) in [6.07, 6.45) is 6.97. The van der Waals surface area contributed by atoms with Crippen LogP contribution in [-0.2, 0) is 24.2 Å². The molecule has 4 rings (SSSR count). The molecule has 1 aromatic heterocycles. The minimum Gasteiger partial charge on any atom is -0.342 e. The molecule has 0 bridgehead atoms. The molecule has 7 nitrogen and oxygen atoms in total. The fourth-order valence-electron chi connectivity index (χ4n) is 4.70. The summed E-state index contributed by atoms with van der Waals surface area (Å²) in [5.74, 6) is 0.344. The number of thioether (sulfide) groups is 1. The van der Waals surface area contributed by atoms with Gasteiger partial charge in [0, 0.05) is 31.4 Å². The minimum atomic E-state index is -0.441. The van der Waals surface area contributed by atoms with Gasteiger partial charge in [-0.05, 0) is 80.0 Å². The van der Waals surface area contributed by atoms with Gasteiger partial charge in [0.05, 0.1) is 4.91 Å². The number of amides is 1. The Bertz CT molecular complexity index is 1210. The molecule has 1 fully saturated rings. The van der Waals surface area contributed by atoms with Crippen LogP contribution in [-0.4, -0.2) is 33.4 Å². The first-order chi connectivity index (χ1) is 16.3. The molecule has 0 spiro atoms. The van der Waals surface area contributed by atoms with Crippen LogP contribution in [0, 0.1) is 5.92 Å².